The van der Waals surface area contributed by atoms with Gasteiger partial charge in [0.15, 0.2) is 6.35 Å². The summed E-state index contributed by atoms with van der Waals surface area (Å²) in [5.41, 5.74) is -3.92. The van der Waals surface area contributed by atoms with Gasteiger partial charge in [0, 0.05) is 18.3 Å². The topological polar surface area (TPSA) is 57.2 Å². The third kappa shape index (κ3) is 7.57. The molecule has 2 unspecified atom stereocenters. The molecule has 1 aliphatic rings. The second kappa shape index (κ2) is 12.0. The highest BCUT2D eigenvalue weighted by Crippen LogP contribution is 2.42. The van der Waals surface area contributed by atoms with Crippen molar-refractivity contribution in [3.63, 3.8) is 0 Å². The summed E-state index contributed by atoms with van der Waals surface area (Å²) in [6, 6.07) is 13.1. The van der Waals surface area contributed by atoms with E-state index in [1.807, 2.05) is 0 Å². The van der Waals surface area contributed by atoms with Gasteiger partial charge in [-0.15, -0.1) is 0 Å². The van der Waals surface area contributed by atoms with Crippen LogP contribution in [0.1, 0.15) is 34.4 Å². The number of aliphatic hydroxyl groups is 1. The molecule has 0 amide bonds. The first kappa shape index (κ1) is 32.1. The van der Waals surface area contributed by atoms with Gasteiger partial charge in [0.05, 0.1) is 28.3 Å². The van der Waals surface area contributed by atoms with E-state index in [4.69, 9.17) is 0 Å². The molecule has 3 N–H and O–H groups in total. The monoisotopic (exact) mass is 615 g/mol. The Kier molecular flexibility index (Phi) is 8.98. The number of nitrogens with one attached hydrogen (secondary N) is 2. The van der Waals surface area contributed by atoms with Crippen molar-refractivity contribution in [2.45, 2.75) is 50.2 Å². The quantitative estimate of drug-likeness (QED) is 0.178. The standard InChI is InChI=1S/C30H26F9N3O/c1-18-10-12-23(15-24(18)30(37,38)39)41-26(43)42-27(16-19-6-3-2-4-7-19,20-8-5-9-21(14-20)28(31,32)33)25-13-11-22(17-40-25)29(34,35)36/h2-8,10-15,17,21,26,41-43H,9,16H2,1H3/t21?,26-,27?/m0/s1. The zero-order valence-corrected chi connectivity index (χ0v) is 22.4. The van der Waals surface area contributed by atoms with Gasteiger partial charge in [-0.2, -0.15) is 39.5 Å². The van der Waals surface area contributed by atoms with Crippen LogP contribution in [0.2, 0.25) is 0 Å². The molecule has 43 heavy (non-hydrogen) atoms. The number of allylic oxidation sites excluding steroid dienone is 2. The van der Waals surface area contributed by atoms with Crippen LogP contribution in [0.15, 0.2) is 90.7 Å². The van der Waals surface area contributed by atoms with Gasteiger partial charge in [-0.1, -0.05) is 54.6 Å². The zero-order chi connectivity index (χ0) is 31.6. The molecule has 1 aliphatic carbocycles. The number of hydrogen-bond acceptors (Lipinski definition) is 4. The third-order valence-corrected chi connectivity index (χ3v) is 7.05. The number of hydrogen-bond donors (Lipinski definition) is 3. The molecule has 13 heteroatoms. The Hall–Kier alpha value is -3.84. The largest absolute Gasteiger partial charge is 0.417 e. The minimum Gasteiger partial charge on any atom is -0.361 e. The van der Waals surface area contributed by atoms with Crippen molar-refractivity contribution in [2.75, 3.05) is 5.32 Å². The highest BCUT2D eigenvalue weighted by Gasteiger charge is 2.44. The van der Waals surface area contributed by atoms with E-state index < -0.39 is 47.5 Å². The maximum Gasteiger partial charge on any atom is 0.417 e. The summed E-state index contributed by atoms with van der Waals surface area (Å²) >= 11 is 0. The molecule has 0 radical (unpaired) electrons. The molecule has 3 atom stereocenters. The Bertz CT molecular complexity index is 1460. The maximum absolute atomic E-state index is 13.8. The molecule has 3 aromatic rings. The smallest absolute Gasteiger partial charge is 0.361 e. The molecule has 4 nitrogen and oxygen atoms in total. The first-order valence-electron chi connectivity index (χ1n) is 12.9. The van der Waals surface area contributed by atoms with Crippen LogP contribution in [0, 0.1) is 12.8 Å². The van der Waals surface area contributed by atoms with Crippen LogP contribution in [0.25, 0.3) is 0 Å². The first-order chi connectivity index (χ1) is 20.0. The van der Waals surface area contributed by atoms with Crippen molar-refractivity contribution >= 4 is 5.69 Å². The molecule has 4 rings (SSSR count). The average Bonchev–Trinajstić information content (AvgIpc) is 2.93. The molecule has 2 aromatic carbocycles. The summed E-state index contributed by atoms with van der Waals surface area (Å²) in [4.78, 5) is 3.97. The summed E-state index contributed by atoms with van der Waals surface area (Å²) in [5.74, 6) is -1.95. The Morgan fingerprint density at radius 3 is 2.19 bits per heavy atom. The van der Waals surface area contributed by atoms with E-state index in [9.17, 15) is 44.6 Å². The number of rotatable bonds is 8. The number of pyridine rings is 1. The lowest BCUT2D eigenvalue weighted by Crippen LogP contribution is -2.54. The van der Waals surface area contributed by atoms with E-state index in [0.717, 1.165) is 18.2 Å². The van der Waals surface area contributed by atoms with Crippen molar-refractivity contribution in [3.05, 3.63) is 119 Å². The molecule has 1 heterocycles. The third-order valence-electron chi connectivity index (χ3n) is 7.05. The van der Waals surface area contributed by atoms with Crippen molar-refractivity contribution in [3.8, 4) is 0 Å². The van der Waals surface area contributed by atoms with E-state index in [-0.39, 0.29) is 35.4 Å². The van der Waals surface area contributed by atoms with Crippen molar-refractivity contribution < 1.29 is 44.6 Å². The van der Waals surface area contributed by atoms with Crippen LogP contribution in [-0.4, -0.2) is 22.6 Å². The number of nitrogens with zero attached hydrogens (tertiary/aromatic N) is 1. The molecule has 0 fully saturated rings. The van der Waals surface area contributed by atoms with E-state index in [2.05, 4.69) is 15.6 Å². The van der Waals surface area contributed by atoms with Crippen LogP contribution in [0.5, 0.6) is 0 Å². The number of aromatic nitrogens is 1. The van der Waals surface area contributed by atoms with Crippen LogP contribution in [0.4, 0.5) is 45.2 Å². The molecule has 0 aliphatic heterocycles. The molecule has 230 valence electrons. The predicted molar refractivity (Wildman–Crippen MR) is 141 cm³/mol. The van der Waals surface area contributed by atoms with Crippen LogP contribution < -0.4 is 10.6 Å². The van der Waals surface area contributed by atoms with Crippen LogP contribution in [-0.2, 0) is 24.3 Å². The average molecular weight is 616 g/mol. The summed E-state index contributed by atoms with van der Waals surface area (Å²) in [6.07, 6.45) is -12.6. The van der Waals surface area contributed by atoms with Gasteiger partial charge >= 0.3 is 18.5 Å². The zero-order valence-electron chi connectivity index (χ0n) is 22.4. The van der Waals surface area contributed by atoms with E-state index >= 15 is 0 Å². The van der Waals surface area contributed by atoms with Crippen LogP contribution in [0.3, 0.4) is 0 Å². The van der Waals surface area contributed by atoms with E-state index in [0.29, 0.717) is 17.8 Å². The fourth-order valence-electron chi connectivity index (χ4n) is 4.90. The Morgan fingerprint density at radius 2 is 1.60 bits per heavy atom. The van der Waals surface area contributed by atoms with Gasteiger partial charge in [0.1, 0.15) is 0 Å². The Labute approximate surface area is 241 Å². The van der Waals surface area contributed by atoms with Crippen LogP contribution >= 0.6 is 0 Å². The highest BCUT2D eigenvalue weighted by molar-refractivity contribution is 5.50. The molecule has 0 saturated heterocycles. The van der Waals surface area contributed by atoms with Crippen molar-refractivity contribution in [1.82, 2.24) is 10.3 Å². The van der Waals surface area contributed by atoms with Crippen molar-refractivity contribution in [1.29, 1.82) is 0 Å². The maximum atomic E-state index is 13.8. The molecular weight excluding hydrogens is 589 g/mol. The SMILES string of the molecule is Cc1ccc(N[C@H](O)NC(Cc2ccccc2)(C2=CC(C(F)(F)F)CC=C2)c2ccc(C(F)(F)F)cn2)cc1C(F)(F)F. The highest BCUT2D eigenvalue weighted by atomic mass is 19.4. The lowest BCUT2D eigenvalue weighted by molar-refractivity contribution is -0.160. The number of benzene rings is 2. The minimum absolute atomic E-state index is 0.0575. The molecule has 0 bridgehead atoms. The van der Waals surface area contributed by atoms with Gasteiger partial charge in [-0.05, 0) is 54.3 Å². The summed E-state index contributed by atoms with van der Waals surface area (Å²) in [6.45, 7) is 1.25. The minimum atomic E-state index is -4.75. The predicted octanol–water partition coefficient (Wildman–Crippen LogP) is 7.91. The lowest BCUT2D eigenvalue weighted by Gasteiger charge is -2.40. The van der Waals surface area contributed by atoms with Gasteiger partial charge in [0.2, 0.25) is 0 Å². The summed E-state index contributed by atoms with van der Waals surface area (Å²) < 4.78 is 122. The van der Waals surface area contributed by atoms with Gasteiger partial charge in [0.25, 0.3) is 0 Å². The Morgan fingerprint density at radius 1 is 0.907 bits per heavy atom. The molecule has 1 aromatic heterocycles. The molecule has 0 spiro atoms. The summed E-state index contributed by atoms with van der Waals surface area (Å²) in [5, 5.41) is 16.3. The Balaban J connectivity index is 1.85. The second-order valence-electron chi connectivity index (χ2n) is 10.1. The summed E-state index contributed by atoms with van der Waals surface area (Å²) in [7, 11) is 0. The van der Waals surface area contributed by atoms with Gasteiger partial charge in [-0.25, -0.2) is 0 Å². The molecule has 0 saturated carbocycles. The normalized spacial score (nSPS) is 18.1. The van der Waals surface area contributed by atoms with Crippen molar-refractivity contribution in [2.24, 2.45) is 5.92 Å². The number of halogens is 9. The van der Waals surface area contributed by atoms with Gasteiger partial charge in [-0.3, -0.25) is 10.3 Å². The lowest BCUT2D eigenvalue weighted by atomic mass is 9.76. The van der Waals surface area contributed by atoms with Gasteiger partial charge < -0.3 is 10.4 Å². The van der Waals surface area contributed by atoms with E-state index in [1.54, 1.807) is 30.3 Å². The fraction of sp³-hybridized carbons (Fsp3) is 0.300. The number of aryl methyl sites for hydroxylation is 1. The first-order valence-corrected chi connectivity index (χ1v) is 12.9. The van der Waals surface area contributed by atoms with E-state index in [1.165, 1.54) is 31.2 Å². The second-order valence-corrected chi connectivity index (χ2v) is 10.1. The number of aliphatic hydroxyl groups excluding tert-OH is 1. The fourth-order valence-corrected chi connectivity index (χ4v) is 4.90. The number of alkyl halides is 9. The molecular formula is C30H26F9N3O. The number of anilines is 1.